The highest BCUT2D eigenvalue weighted by atomic mass is 32.2. The molecule has 1 rings (SSSR count). The summed E-state index contributed by atoms with van der Waals surface area (Å²) >= 11 is 1.74. The Morgan fingerprint density at radius 1 is 1.36 bits per heavy atom. The van der Waals surface area contributed by atoms with Crippen LogP contribution in [-0.4, -0.2) is 12.9 Å². The second kappa shape index (κ2) is 5.97. The van der Waals surface area contributed by atoms with E-state index in [1.54, 1.807) is 11.8 Å². The number of ether oxygens (including phenoxy) is 1. The summed E-state index contributed by atoms with van der Waals surface area (Å²) in [7, 11) is 0. The molecule has 0 aliphatic rings. The van der Waals surface area contributed by atoms with E-state index in [0.717, 1.165) is 18.8 Å². The predicted octanol–water partition coefficient (Wildman–Crippen LogP) is 3.83. The van der Waals surface area contributed by atoms with Gasteiger partial charge in [-0.3, -0.25) is 0 Å². The van der Waals surface area contributed by atoms with Crippen molar-refractivity contribution in [3.63, 3.8) is 0 Å². The van der Waals surface area contributed by atoms with Crippen LogP contribution in [-0.2, 0) is 0 Å². The fraction of sp³-hybridized carbons (Fsp3) is 0.500. The molecule has 1 aromatic carbocycles. The van der Waals surface area contributed by atoms with Gasteiger partial charge in [-0.2, -0.15) is 0 Å². The first kappa shape index (κ1) is 11.4. The molecule has 14 heavy (non-hydrogen) atoms. The lowest BCUT2D eigenvalue weighted by Crippen LogP contribution is -2.01. The predicted molar refractivity (Wildman–Crippen MR) is 63.2 cm³/mol. The van der Waals surface area contributed by atoms with E-state index in [2.05, 4.69) is 32.2 Å². The first-order valence-electron chi connectivity index (χ1n) is 4.99. The van der Waals surface area contributed by atoms with Gasteiger partial charge >= 0.3 is 0 Å². The molecule has 0 heterocycles. The van der Waals surface area contributed by atoms with E-state index in [1.807, 2.05) is 12.1 Å². The van der Waals surface area contributed by atoms with Crippen molar-refractivity contribution in [2.45, 2.75) is 25.2 Å². The van der Waals surface area contributed by atoms with Gasteiger partial charge in [0.2, 0.25) is 0 Å². The second-order valence-corrected chi connectivity index (χ2v) is 4.59. The topological polar surface area (TPSA) is 9.23 Å². The Kier molecular flexibility index (Phi) is 4.88. The van der Waals surface area contributed by atoms with Crippen LogP contribution in [0.1, 0.15) is 20.3 Å². The second-order valence-electron chi connectivity index (χ2n) is 3.71. The summed E-state index contributed by atoms with van der Waals surface area (Å²) in [6.07, 6.45) is 3.19. The number of benzene rings is 1. The lowest BCUT2D eigenvalue weighted by Gasteiger charge is -2.08. The third kappa shape index (κ3) is 4.05. The summed E-state index contributed by atoms with van der Waals surface area (Å²) < 4.78 is 5.65. The van der Waals surface area contributed by atoms with Gasteiger partial charge in [0, 0.05) is 4.90 Å². The molecule has 1 nitrogen and oxygen atoms in total. The average Bonchev–Trinajstić information content (AvgIpc) is 2.18. The first-order valence-corrected chi connectivity index (χ1v) is 6.21. The van der Waals surface area contributed by atoms with Crippen LogP contribution in [0, 0.1) is 5.92 Å². The fourth-order valence-electron chi connectivity index (χ4n) is 1.10. The van der Waals surface area contributed by atoms with Crippen LogP contribution in [0.15, 0.2) is 29.2 Å². The van der Waals surface area contributed by atoms with E-state index >= 15 is 0 Å². The van der Waals surface area contributed by atoms with Crippen LogP contribution in [0.3, 0.4) is 0 Å². The van der Waals surface area contributed by atoms with E-state index in [-0.39, 0.29) is 0 Å². The molecule has 2 heteroatoms. The zero-order valence-electron chi connectivity index (χ0n) is 9.12. The molecule has 0 aliphatic carbocycles. The first-order chi connectivity index (χ1) is 6.72. The molecule has 0 N–H and O–H groups in total. The van der Waals surface area contributed by atoms with E-state index in [1.165, 1.54) is 4.90 Å². The molecule has 0 fully saturated rings. The Balaban J connectivity index is 2.42. The molecule has 0 saturated carbocycles. The van der Waals surface area contributed by atoms with E-state index in [4.69, 9.17) is 4.74 Å². The smallest absolute Gasteiger partial charge is 0.120 e. The van der Waals surface area contributed by atoms with Gasteiger partial charge in [0.1, 0.15) is 5.75 Å². The van der Waals surface area contributed by atoms with Crippen molar-refractivity contribution in [2.75, 3.05) is 12.9 Å². The molecule has 0 amide bonds. The SMILES string of the molecule is CSc1cccc(OCCC(C)C)c1. The number of thioether (sulfide) groups is 1. The molecule has 1 aromatic rings. The molecule has 0 saturated heterocycles. The Hall–Kier alpha value is -0.630. The molecular weight excluding hydrogens is 192 g/mol. The van der Waals surface area contributed by atoms with Crippen molar-refractivity contribution in [2.24, 2.45) is 5.92 Å². The normalized spacial score (nSPS) is 10.6. The Labute approximate surface area is 90.9 Å². The monoisotopic (exact) mass is 210 g/mol. The van der Waals surface area contributed by atoms with Crippen LogP contribution in [0.2, 0.25) is 0 Å². The van der Waals surface area contributed by atoms with Gasteiger partial charge in [-0.05, 0) is 36.8 Å². The minimum Gasteiger partial charge on any atom is -0.494 e. The van der Waals surface area contributed by atoms with Gasteiger partial charge in [-0.1, -0.05) is 19.9 Å². The minimum absolute atomic E-state index is 0.707. The van der Waals surface area contributed by atoms with Crippen LogP contribution in [0.25, 0.3) is 0 Å². The summed E-state index contributed by atoms with van der Waals surface area (Å²) in [4.78, 5) is 1.26. The highest BCUT2D eigenvalue weighted by molar-refractivity contribution is 7.98. The summed E-state index contributed by atoms with van der Waals surface area (Å²) in [5, 5.41) is 0. The van der Waals surface area contributed by atoms with Gasteiger partial charge in [-0.25, -0.2) is 0 Å². The molecule has 0 unspecified atom stereocenters. The standard InChI is InChI=1S/C12H18OS/c1-10(2)7-8-13-11-5-4-6-12(9-11)14-3/h4-6,9-10H,7-8H2,1-3H3. The molecule has 0 radical (unpaired) electrons. The van der Waals surface area contributed by atoms with E-state index in [9.17, 15) is 0 Å². The molecule has 0 aliphatic heterocycles. The van der Waals surface area contributed by atoms with Crippen molar-refractivity contribution in [1.82, 2.24) is 0 Å². The van der Waals surface area contributed by atoms with E-state index < -0.39 is 0 Å². The largest absolute Gasteiger partial charge is 0.494 e. The third-order valence-corrected chi connectivity index (χ3v) is 2.73. The average molecular weight is 210 g/mol. The van der Waals surface area contributed by atoms with Crippen molar-refractivity contribution < 1.29 is 4.74 Å². The van der Waals surface area contributed by atoms with Crippen LogP contribution in [0.5, 0.6) is 5.75 Å². The summed E-state index contributed by atoms with van der Waals surface area (Å²) in [5.41, 5.74) is 0. The van der Waals surface area contributed by atoms with Crippen molar-refractivity contribution >= 4 is 11.8 Å². The molecular formula is C12H18OS. The highest BCUT2D eigenvalue weighted by Crippen LogP contribution is 2.20. The summed E-state index contributed by atoms with van der Waals surface area (Å²) in [5.74, 6) is 1.69. The zero-order chi connectivity index (χ0) is 10.4. The van der Waals surface area contributed by atoms with Gasteiger partial charge in [0.25, 0.3) is 0 Å². The van der Waals surface area contributed by atoms with Crippen molar-refractivity contribution in [3.8, 4) is 5.75 Å². The molecule has 0 spiro atoms. The van der Waals surface area contributed by atoms with Crippen LogP contribution >= 0.6 is 11.8 Å². The molecule has 0 aromatic heterocycles. The van der Waals surface area contributed by atoms with Gasteiger partial charge in [-0.15, -0.1) is 11.8 Å². The van der Waals surface area contributed by atoms with Crippen molar-refractivity contribution in [3.05, 3.63) is 24.3 Å². The molecule has 0 atom stereocenters. The lowest BCUT2D eigenvalue weighted by molar-refractivity contribution is 0.289. The third-order valence-electron chi connectivity index (χ3n) is 2.01. The van der Waals surface area contributed by atoms with Gasteiger partial charge in [0.15, 0.2) is 0 Å². The summed E-state index contributed by atoms with van der Waals surface area (Å²) in [6.45, 7) is 5.23. The van der Waals surface area contributed by atoms with Crippen LogP contribution in [0.4, 0.5) is 0 Å². The maximum atomic E-state index is 5.65. The molecule has 78 valence electrons. The maximum Gasteiger partial charge on any atom is 0.120 e. The Morgan fingerprint density at radius 2 is 2.14 bits per heavy atom. The fourth-order valence-corrected chi connectivity index (χ4v) is 1.55. The number of rotatable bonds is 5. The Bertz CT molecular complexity index is 271. The molecule has 0 bridgehead atoms. The number of hydrogen-bond donors (Lipinski definition) is 0. The number of hydrogen-bond acceptors (Lipinski definition) is 2. The van der Waals surface area contributed by atoms with E-state index in [0.29, 0.717) is 5.92 Å². The maximum absolute atomic E-state index is 5.65. The Morgan fingerprint density at radius 3 is 2.79 bits per heavy atom. The lowest BCUT2D eigenvalue weighted by atomic mass is 10.1. The highest BCUT2D eigenvalue weighted by Gasteiger charge is 1.97. The summed E-state index contributed by atoms with van der Waals surface area (Å²) in [6, 6.07) is 8.24. The minimum atomic E-state index is 0.707. The van der Waals surface area contributed by atoms with Crippen LogP contribution < -0.4 is 4.74 Å². The van der Waals surface area contributed by atoms with Crippen molar-refractivity contribution in [1.29, 1.82) is 0 Å². The van der Waals surface area contributed by atoms with Gasteiger partial charge in [0.05, 0.1) is 6.61 Å². The quantitative estimate of drug-likeness (QED) is 0.683. The zero-order valence-corrected chi connectivity index (χ0v) is 9.93. The van der Waals surface area contributed by atoms with Gasteiger partial charge < -0.3 is 4.74 Å².